The molecule has 0 spiro atoms. The third-order valence-electron chi connectivity index (χ3n) is 2.98. The van der Waals surface area contributed by atoms with Gasteiger partial charge in [-0.3, -0.25) is 0 Å². The predicted molar refractivity (Wildman–Crippen MR) is 84.7 cm³/mol. The van der Waals surface area contributed by atoms with Gasteiger partial charge in [-0.05, 0) is 30.3 Å². The minimum Gasteiger partial charge on any atom is -0.492 e. The van der Waals surface area contributed by atoms with Gasteiger partial charge in [0.1, 0.15) is 11.5 Å². The van der Waals surface area contributed by atoms with Crippen molar-refractivity contribution < 1.29 is 27.8 Å². The Kier molecular flexibility index (Phi) is 6.21. The summed E-state index contributed by atoms with van der Waals surface area (Å²) in [7, 11) is 0. The van der Waals surface area contributed by atoms with Crippen LogP contribution in [0.15, 0.2) is 42.5 Å². The van der Waals surface area contributed by atoms with E-state index in [-0.39, 0.29) is 23.8 Å². The molecular weight excluding hydrogens is 368 g/mol. The molecular formula is C16H13Cl2F3O3. The zero-order valence-corrected chi connectivity index (χ0v) is 13.7. The van der Waals surface area contributed by atoms with Crippen molar-refractivity contribution in [1.29, 1.82) is 0 Å². The maximum Gasteiger partial charge on any atom is 0.416 e. The van der Waals surface area contributed by atoms with Gasteiger partial charge in [0.2, 0.25) is 6.29 Å². The molecule has 0 aliphatic carbocycles. The molecule has 0 amide bonds. The third-order valence-corrected chi connectivity index (χ3v) is 3.59. The first-order valence-corrected chi connectivity index (χ1v) is 7.62. The average molecular weight is 381 g/mol. The van der Waals surface area contributed by atoms with Crippen molar-refractivity contribution in [2.75, 3.05) is 6.61 Å². The van der Waals surface area contributed by atoms with Crippen LogP contribution in [0.3, 0.4) is 0 Å². The van der Waals surface area contributed by atoms with Crippen LogP contribution in [0, 0.1) is 0 Å². The zero-order chi connectivity index (χ0) is 17.7. The highest BCUT2D eigenvalue weighted by molar-refractivity contribution is 6.32. The second-order valence-electron chi connectivity index (χ2n) is 4.78. The molecule has 0 aliphatic heterocycles. The van der Waals surface area contributed by atoms with Gasteiger partial charge in [0.25, 0.3) is 0 Å². The van der Waals surface area contributed by atoms with Crippen molar-refractivity contribution in [3.05, 3.63) is 58.1 Å². The Hall–Kier alpha value is -1.63. The summed E-state index contributed by atoms with van der Waals surface area (Å²) >= 11 is 11.7. The van der Waals surface area contributed by atoms with Crippen LogP contribution in [0.25, 0.3) is 0 Å². The van der Waals surface area contributed by atoms with Crippen LogP contribution in [0.2, 0.25) is 10.0 Å². The number of hydrogen-bond donors (Lipinski definition) is 1. The molecule has 2 aromatic rings. The van der Waals surface area contributed by atoms with E-state index < -0.39 is 18.0 Å². The summed E-state index contributed by atoms with van der Waals surface area (Å²) in [6.07, 6.45) is -5.58. The Balaban J connectivity index is 1.87. The molecule has 8 heteroatoms. The second-order valence-corrected chi connectivity index (χ2v) is 5.60. The molecule has 0 radical (unpaired) electrons. The summed E-state index contributed by atoms with van der Waals surface area (Å²) in [5, 5.41) is 9.97. The van der Waals surface area contributed by atoms with Crippen molar-refractivity contribution in [2.45, 2.75) is 18.9 Å². The van der Waals surface area contributed by atoms with Gasteiger partial charge in [-0.25, -0.2) is 0 Å². The van der Waals surface area contributed by atoms with E-state index in [2.05, 4.69) is 0 Å². The molecule has 1 atom stereocenters. The van der Waals surface area contributed by atoms with Crippen molar-refractivity contribution in [3.63, 3.8) is 0 Å². The minimum absolute atomic E-state index is 0.00327. The summed E-state index contributed by atoms with van der Waals surface area (Å²) in [5.74, 6) is 0.411. The number of para-hydroxylation sites is 1. The number of halogens is 5. The monoisotopic (exact) mass is 380 g/mol. The summed E-state index contributed by atoms with van der Waals surface area (Å²) in [6, 6.07) is 9.42. The van der Waals surface area contributed by atoms with Gasteiger partial charge in [0, 0.05) is 6.42 Å². The summed E-state index contributed by atoms with van der Waals surface area (Å²) < 4.78 is 48.1. The zero-order valence-electron chi connectivity index (χ0n) is 12.2. The van der Waals surface area contributed by atoms with Crippen LogP contribution in [0.4, 0.5) is 13.2 Å². The maximum absolute atomic E-state index is 12.5. The largest absolute Gasteiger partial charge is 0.492 e. The van der Waals surface area contributed by atoms with Crippen molar-refractivity contribution in [3.8, 4) is 11.5 Å². The number of ether oxygens (including phenoxy) is 2. The molecule has 1 N–H and O–H groups in total. The Morgan fingerprint density at radius 2 is 1.71 bits per heavy atom. The first-order chi connectivity index (χ1) is 11.3. The fourth-order valence-corrected chi connectivity index (χ4v) is 2.23. The van der Waals surface area contributed by atoms with Crippen LogP contribution in [0.1, 0.15) is 12.0 Å². The quantitative estimate of drug-likeness (QED) is 0.701. The summed E-state index contributed by atoms with van der Waals surface area (Å²) in [5.41, 5.74) is -0.859. The fraction of sp³-hybridized carbons (Fsp3) is 0.250. The number of alkyl halides is 3. The van der Waals surface area contributed by atoms with Gasteiger partial charge in [-0.2, -0.15) is 13.2 Å². The first kappa shape index (κ1) is 18.7. The second kappa shape index (κ2) is 7.96. The molecule has 130 valence electrons. The lowest BCUT2D eigenvalue weighted by Gasteiger charge is -2.15. The molecule has 0 saturated heterocycles. The van der Waals surface area contributed by atoms with E-state index in [0.29, 0.717) is 10.8 Å². The minimum atomic E-state index is -4.47. The molecule has 0 bridgehead atoms. The lowest BCUT2D eigenvalue weighted by atomic mass is 10.2. The highest BCUT2D eigenvalue weighted by Crippen LogP contribution is 2.34. The molecule has 24 heavy (non-hydrogen) atoms. The van der Waals surface area contributed by atoms with E-state index in [1.54, 1.807) is 24.3 Å². The SMILES string of the molecule is OC(CCOc1ccc(C(F)(F)F)cc1Cl)Oc1ccccc1Cl. The molecule has 0 aliphatic rings. The Morgan fingerprint density at radius 3 is 2.33 bits per heavy atom. The Morgan fingerprint density at radius 1 is 1.00 bits per heavy atom. The van der Waals surface area contributed by atoms with Crippen LogP contribution in [0.5, 0.6) is 11.5 Å². The average Bonchev–Trinajstić information content (AvgIpc) is 2.50. The third kappa shape index (κ3) is 5.19. The molecule has 0 saturated carbocycles. The van der Waals surface area contributed by atoms with Crippen LogP contribution in [-0.2, 0) is 6.18 Å². The van der Waals surface area contributed by atoms with Gasteiger partial charge in [-0.1, -0.05) is 35.3 Å². The lowest BCUT2D eigenvalue weighted by Crippen LogP contribution is -2.19. The maximum atomic E-state index is 12.5. The van der Waals surface area contributed by atoms with Crippen molar-refractivity contribution in [1.82, 2.24) is 0 Å². The van der Waals surface area contributed by atoms with Crippen LogP contribution in [-0.4, -0.2) is 18.0 Å². The van der Waals surface area contributed by atoms with E-state index in [1.807, 2.05) is 0 Å². The smallest absolute Gasteiger partial charge is 0.416 e. The molecule has 2 rings (SSSR count). The van der Waals surface area contributed by atoms with Gasteiger partial charge < -0.3 is 14.6 Å². The number of aliphatic hydroxyl groups is 1. The molecule has 0 heterocycles. The van der Waals surface area contributed by atoms with E-state index >= 15 is 0 Å². The Bertz CT molecular complexity index is 693. The highest BCUT2D eigenvalue weighted by Gasteiger charge is 2.31. The fourth-order valence-electron chi connectivity index (χ4n) is 1.81. The predicted octanol–water partition coefficient (Wildman–Crippen LogP) is 5.18. The van der Waals surface area contributed by atoms with E-state index in [4.69, 9.17) is 32.7 Å². The molecule has 1 unspecified atom stereocenters. The van der Waals surface area contributed by atoms with Gasteiger partial charge in [-0.15, -0.1) is 0 Å². The van der Waals surface area contributed by atoms with Crippen LogP contribution >= 0.6 is 23.2 Å². The van der Waals surface area contributed by atoms with Gasteiger partial charge in [0.15, 0.2) is 0 Å². The topological polar surface area (TPSA) is 38.7 Å². The number of hydrogen-bond acceptors (Lipinski definition) is 3. The lowest BCUT2D eigenvalue weighted by molar-refractivity contribution is -0.137. The van der Waals surface area contributed by atoms with Crippen molar-refractivity contribution in [2.24, 2.45) is 0 Å². The van der Waals surface area contributed by atoms with Crippen molar-refractivity contribution >= 4 is 23.2 Å². The van der Waals surface area contributed by atoms with E-state index in [0.717, 1.165) is 18.2 Å². The van der Waals surface area contributed by atoms with Gasteiger partial charge in [0.05, 0.1) is 22.2 Å². The molecule has 2 aromatic carbocycles. The first-order valence-electron chi connectivity index (χ1n) is 6.86. The summed E-state index contributed by atoms with van der Waals surface area (Å²) in [6.45, 7) is -0.00327. The molecule has 3 nitrogen and oxygen atoms in total. The van der Waals surface area contributed by atoms with Crippen LogP contribution < -0.4 is 9.47 Å². The van der Waals surface area contributed by atoms with E-state index in [9.17, 15) is 18.3 Å². The standard InChI is InChI=1S/C16H13Cl2F3O3/c17-11-3-1-2-4-14(11)24-15(22)7-8-23-13-6-5-10(9-12(13)18)16(19,20)21/h1-6,9,15,22H,7-8H2. The van der Waals surface area contributed by atoms with E-state index in [1.165, 1.54) is 0 Å². The molecule has 0 fully saturated rings. The number of aliphatic hydroxyl groups excluding tert-OH is 1. The molecule has 0 aromatic heterocycles. The highest BCUT2D eigenvalue weighted by atomic mass is 35.5. The Labute approximate surface area is 146 Å². The normalized spacial score (nSPS) is 12.8. The number of benzene rings is 2. The van der Waals surface area contributed by atoms with Gasteiger partial charge >= 0.3 is 6.18 Å². The number of rotatable bonds is 6. The summed E-state index contributed by atoms with van der Waals surface area (Å²) in [4.78, 5) is 0.